The zero-order chi connectivity index (χ0) is 18.3. The molecule has 0 aromatic carbocycles. The van der Waals surface area contributed by atoms with Crippen LogP contribution in [-0.2, 0) is 38.2 Å². The number of carbonyl (C=O) groups is 3. The van der Waals surface area contributed by atoms with Crippen molar-refractivity contribution in [2.75, 3.05) is 59.5 Å². The van der Waals surface area contributed by atoms with E-state index in [0.717, 1.165) is 0 Å². The van der Waals surface area contributed by atoms with Crippen LogP contribution in [0.2, 0.25) is 0 Å². The largest absolute Gasteiger partial charge is 0.394 e. The van der Waals surface area contributed by atoms with Gasteiger partial charge in [0.2, 0.25) is 0 Å². The van der Waals surface area contributed by atoms with Crippen LogP contribution in [0.1, 0.15) is 19.3 Å². The average molecular weight is 363 g/mol. The van der Waals surface area contributed by atoms with Gasteiger partial charge in [-0.05, 0) is 0 Å². The molecule has 1 fully saturated rings. The minimum absolute atomic E-state index is 0.00463. The number of nitrogens with zero attached hydrogens (tertiary/aromatic N) is 1. The number of rotatable bonds is 15. The van der Waals surface area contributed by atoms with Crippen LogP contribution < -0.4 is 0 Å². The molecule has 10 nitrogen and oxygen atoms in total. The summed E-state index contributed by atoms with van der Waals surface area (Å²) in [4.78, 5) is 38.7. The lowest BCUT2D eigenvalue weighted by Crippen LogP contribution is -2.32. The monoisotopic (exact) mass is 363 g/mol. The molecule has 1 heterocycles. The number of hydroxylamine groups is 2. The zero-order valence-electron chi connectivity index (χ0n) is 14.1. The quantitative estimate of drug-likeness (QED) is 0.290. The number of hydrogen-bond donors (Lipinski definition) is 1. The Labute approximate surface area is 145 Å². The maximum absolute atomic E-state index is 11.5. The lowest BCUT2D eigenvalue weighted by molar-refractivity contribution is -0.198. The molecule has 0 aromatic rings. The number of aliphatic hydroxyl groups excluding tert-OH is 1. The van der Waals surface area contributed by atoms with E-state index in [1.54, 1.807) is 0 Å². The van der Waals surface area contributed by atoms with E-state index in [4.69, 9.17) is 24.1 Å². The summed E-state index contributed by atoms with van der Waals surface area (Å²) in [7, 11) is 0. The third-order valence-electron chi connectivity index (χ3n) is 3.00. The van der Waals surface area contributed by atoms with Gasteiger partial charge >= 0.3 is 5.97 Å². The normalized spacial score (nSPS) is 14.4. The van der Waals surface area contributed by atoms with E-state index < -0.39 is 17.8 Å². The highest BCUT2D eigenvalue weighted by Crippen LogP contribution is 2.12. The van der Waals surface area contributed by atoms with Crippen LogP contribution in [-0.4, -0.2) is 87.4 Å². The predicted molar refractivity (Wildman–Crippen MR) is 82.2 cm³/mol. The summed E-state index contributed by atoms with van der Waals surface area (Å²) in [5, 5.41) is 9.00. The molecule has 1 saturated heterocycles. The van der Waals surface area contributed by atoms with Crippen molar-refractivity contribution in [3.63, 3.8) is 0 Å². The van der Waals surface area contributed by atoms with Gasteiger partial charge in [0, 0.05) is 12.8 Å². The van der Waals surface area contributed by atoms with Crippen molar-refractivity contribution in [2.45, 2.75) is 19.3 Å². The molecule has 0 radical (unpaired) electrons. The smallest absolute Gasteiger partial charge is 0.335 e. The number of aliphatic hydroxyl groups is 1. The van der Waals surface area contributed by atoms with Crippen LogP contribution in [0, 0.1) is 0 Å². The second-order valence-corrected chi connectivity index (χ2v) is 4.97. The van der Waals surface area contributed by atoms with Gasteiger partial charge in [0.05, 0.1) is 65.9 Å². The number of ether oxygens (including phenoxy) is 4. The first-order chi connectivity index (χ1) is 12.1. The Balaban J connectivity index is 1.84. The predicted octanol–water partition coefficient (Wildman–Crippen LogP) is -0.958. The second-order valence-electron chi connectivity index (χ2n) is 4.97. The van der Waals surface area contributed by atoms with Gasteiger partial charge in [-0.25, -0.2) is 4.79 Å². The average Bonchev–Trinajstić information content (AvgIpc) is 2.91. The maximum Gasteiger partial charge on any atom is 0.335 e. The lowest BCUT2D eigenvalue weighted by atomic mass is 10.4. The minimum Gasteiger partial charge on any atom is -0.394 e. The molecule has 1 N–H and O–H groups in total. The molecule has 1 aliphatic rings. The summed E-state index contributed by atoms with van der Waals surface area (Å²) < 4.78 is 20.7. The molecular weight excluding hydrogens is 338 g/mol. The summed E-state index contributed by atoms with van der Waals surface area (Å²) in [6.45, 7) is 2.74. The number of amides is 2. The topological polar surface area (TPSA) is 121 Å². The molecule has 0 spiro atoms. The molecule has 0 saturated carbocycles. The van der Waals surface area contributed by atoms with E-state index in [0.29, 0.717) is 51.3 Å². The summed E-state index contributed by atoms with van der Waals surface area (Å²) in [5.74, 6) is -1.70. The highest BCUT2D eigenvalue weighted by atomic mass is 16.7. The third-order valence-corrected chi connectivity index (χ3v) is 3.00. The van der Waals surface area contributed by atoms with E-state index in [9.17, 15) is 14.4 Å². The molecule has 0 bridgehead atoms. The fraction of sp³-hybridized carbons (Fsp3) is 0.800. The molecule has 1 aliphatic heterocycles. The van der Waals surface area contributed by atoms with E-state index >= 15 is 0 Å². The van der Waals surface area contributed by atoms with Crippen LogP contribution in [0.3, 0.4) is 0 Å². The number of hydrogen-bond acceptors (Lipinski definition) is 9. The molecular formula is C15H25NO9. The van der Waals surface area contributed by atoms with Crippen molar-refractivity contribution in [2.24, 2.45) is 0 Å². The SMILES string of the molecule is O=C(CCOCCOCCOCCOCCO)ON1C(=O)CCC1=O. The first-order valence-corrected chi connectivity index (χ1v) is 8.13. The Morgan fingerprint density at radius 3 is 1.72 bits per heavy atom. The van der Waals surface area contributed by atoms with Gasteiger partial charge in [-0.1, -0.05) is 0 Å². The Kier molecular flexibility index (Phi) is 11.7. The first kappa shape index (κ1) is 21.5. The standard InChI is InChI=1S/C15H25NO9/c17-4-6-22-8-10-24-12-11-23-9-7-21-5-3-15(20)25-16-13(18)1-2-14(16)19/h17H,1-12H2. The molecule has 1 rings (SSSR count). The van der Waals surface area contributed by atoms with E-state index in [-0.39, 0.29) is 32.5 Å². The van der Waals surface area contributed by atoms with Gasteiger partial charge < -0.3 is 28.9 Å². The summed E-state index contributed by atoms with van der Waals surface area (Å²) in [6.07, 6.45) is 0.0761. The fourth-order valence-electron chi connectivity index (χ4n) is 1.79. The summed E-state index contributed by atoms with van der Waals surface area (Å²) in [6, 6.07) is 0. The first-order valence-electron chi connectivity index (χ1n) is 8.13. The van der Waals surface area contributed by atoms with Crippen LogP contribution >= 0.6 is 0 Å². The summed E-state index contributed by atoms with van der Waals surface area (Å²) in [5.41, 5.74) is 0. The highest BCUT2D eigenvalue weighted by Gasteiger charge is 2.32. The van der Waals surface area contributed by atoms with E-state index in [2.05, 4.69) is 4.84 Å². The van der Waals surface area contributed by atoms with Gasteiger partial charge in [0.15, 0.2) is 0 Å². The third kappa shape index (κ3) is 10.1. The van der Waals surface area contributed by atoms with E-state index in [1.807, 2.05) is 0 Å². The van der Waals surface area contributed by atoms with Crippen LogP contribution in [0.5, 0.6) is 0 Å². The van der Waals surface area contributed by atoms with Gasteiger partial charge in [0.25, 0.3) is 11.8 Å². The van der Waals surface area contributed by atoms with Crippen LogP contribution in [0.4, 0.5) is 0 Å². The number of imide groups is 1. The van der Waals surface area contributed by atoms with Crippen LogP contribution in [0.25, 0.3) is 0 Å². The molecule has 10 heteroatoms. The van der Waals surface area contributed by atoms with Crippen molar-refractivity contribution >= 4 is 17.8 Å². The molecule has 0 unspecified atom stereocenters. The Morgan fingerprint density at radius 1 is 0.800 bits per heavy atom. The zero-order valence-corrected chi connectivity index (χ0v) is 14.1. The van der Waals surface area contributed by atoms with Crippen molar-refractivity contribution in [1.29, 1.82) is 0 Å². The number of carbonyl (C=O) groups excluding carboxylic acids is 3. The second kappa shape index (κ2) is 13.7. The Morgan fingerprint density at radius 2 is 1.24 bits per heavy atom. The van der Waals surface area contributed by atoms with Gasteiger partial charge in [-0.2, -0.15) is 0 Å². The molecule has 2 amide bonds. The minimum atomic E-state index is -0.693. The molecule has 144 valence electrons. The fourth-order valence-corrected chi connectivity index (χ4v) is 1.79. The van der Waals surface area contributed by atoms with Crippen LogP contribution in [0.15, 0.2) is 0 Å². The lowest BCUT2D eigenvalue weighted by Gasteiger charge is -2.12. The summed E-state index contributed by atoms with van der Waals surface area (Å²) >= 11 is 0. The van der Waals surface area contributed by atoms with Crippen molar-refractivity contribution in [3.8, 4) is 0 Å². The molecule has 0 atom stereocenters. The highest BCUT2D eigenvalue weighted by molar-refractivity contribution is 6.01. The molecule has 25 heavy (non-hydrogen) atoms. The maximum atomic E-state index is 11.5. The van der Waals surface area contributed by atoms with Gasteiger partial charge in [0.1, 0.15) is 0 Å². The van der Waals surface area contributed by atoms with Crippen molar-refractivity contribution in [3.05, 3.63) is 0 Å². The molecule has 0 aliphatic carbocycles. The van der Waals surface area contributed by atoms with Crippen molar-refractivity contribution < 1.29 is 43.3 Å². The van der Waals surface area contributed by atoms with Gasteiger partial charge in [-0.15, -0.1) is 5.06 Å². The Bertz CT molecular complexity index is 400. The van der Waals surface area contributed by atoms with Gasteiger partial charge in [-0.3, -0.25) is 9.59 Å². The van der Waals surface area contributed by atoms with E-state index in [1.165, 1.54) is 0 Å². The molecule has 0 aromatic heterocycles. The Hall–Kier alpha value is -1.59. The van der Waals surface area contributed by atoms with Crippen molar-refractivity contribution in [1.82, 2.24) is 5.06 Å².